The van der Waals surface area contributed by atoms with Crippen LogP contribution in [0.15, 0.2) is 0 Å². The van der Waals surface area contributed by atoms with Gasteiger partial charge in [0, 0.05) is 6.42 Å². The molecule has 18 heavy (non-hydrogen) atoms. The van der Waals surface area contributed by atoms with E-state index >= 15 is 0 Å². The second-order valence-electron chi connectivity index (χ2n) is 5.44. The highest BCUT2D eigenvalue weighted by Gasteiger charge is 2.11. The minimum Gasteiger partial charge on any atom is -0.322 e. The first-order valence-electron chi connectivity index (χ1n) is 8.00. The monoisotopic (exact) mass is 255 g/mol. The molecule has 1 atom stereocenters. The topological polar surface area (TPSA) is 43.1 Å². The van der Waals surface area contributed by atoms with Crippen LogP contribution in [0.25, 0.3) is 0 Å². The van der Waals surface area contributed by atoms with Gasteiger partial charge in [-0.1, -0.05) is 71.6 Å². The summed E-state index contributed by atoms with van der Waals surface area (Å²) in [6, 6.07) is -0.200. The summed E-state index contributed by atoms with van der Waals surface area (Å²) in [5.41, 5.74) is 5.85. The second kappa shape index (κ2) is 13.1. The van der Waals surface area contributed by atoms with Gasteiger partial charge in [0.25, 0.3) is 0 Å². The lowest BCUT2D eigenvalue weighted by Gasteiger charge is -2.09. The summed E-state index contributed by atoms with van der Waals surface area (Å²) in [7, 11) is 0. The molecule has 0 radical (unpaired) electrons. The van der Waals surface area contributed by atoms with Crippen molar-refractivity contribution in [1.29, 1.82) is 0 Å². The third kappa shape index (κ3) is 10.8. The minimum absolute atomic E-state index is 0.200. The Kier molecular flexibility index (Phi) is 12.8. The minimum atomic E-state index is -0.200. The van der Waals surface area contributed by atoms with E-state index in [2.05, 4.69) is 13.8 Å². The normalized spacial score (nSPS) is 12.6. The van der Waals surface area contributed by atoms with E-state index in [9.17, 15) is 4.79 Å². The van der Waals surface area contributed by atoms with Crippen LogP contribution in [-0.4, -0.2) is 11.8 Å². The van der Waals surface area contributed by atoms with E-state index in [1.54, 1.807) is 0 Å². The fraction of sp³-hybridized carbons (Fsp3) is 0.938. The molecule has 0 aliphatic carbocycles. The van der Waals surface area contributed by atoms with E-state index in [1.807, 2.05) is 0 Å². The molecular formula is C16H33NO. The highest BCUT2D eigenvalue weighted by Crippen LogP contribution is 2.11. The predicted molar refractivity (Wildman–Crippen MR) is 79.7 cm³/mol. The van der Waals surface area contributed by atoms with Crippen molar-refractivity contribution in [3.8, 4) is 0 Å². The zero-order chi connectivity index (χ0) is 13.6. The summed E-state index contributed by atoms with van der Waals surface area (Å²) in [5, 5.41) is 0. The molecule has 1 unspecified atom stereocenters. The fourth-order valence-corrected chi connectivity index (χ4v) is 2.20. The molecule has 0 saturated heterocycles. The number of ketones is 1. The van der Waals surface area contributed by atoms with Crippen LogP contribution >= 0.6 is 0 Å². The third-order valence-electron chi connectivity index (χ3n) is 3.56. The van der Waals surface area contributed by atoms with Crippen molar-refractivity contribution >= 4 is 5.78 Å². The average molecular weight is 255 g/mol. The Labute approximate surface area is 114 Å². The summed E-state index contributed by atoms with van der Waals surface area (Å²) < 4.78 is 0. The molecule has 2 heteroatoms. The molecule has 0 aliphatic rings. The molecule has 108 valence electrons. The number of nitrogens with two attached hydrogens (primary N) is 1. The molecule has 2 nitrogen and oxygen atoms in total. The quantitative estimate of drug-likeness (QED) is 0.489. The first kappa shape index (κ1) is 17.6. The second-order valence-corrected chi connectivity index (χ2v) is 5.44. The predicted octanol–water partition coefficient (Wildman–Crippen LogP) is 4.60. The van der Waals surface area contributed by atoms with Gasteiger partial charge < -0.3 is 5.73 Å². The first-order valence-corrected chi connectivity index (χ1v) is 8.00. The SMILES string of the molecule is CCCCCCCCCCC(=O)C(N)CCCC. The number of hydrogen-bond acceptors (Lipinski definition) is 2. The zero-order valence-corrected chi connectivity index (χ0v) is 12.5. The van der Waals surface area contributed by atoms with Gasteiger partial charge in [0.05, 0.1) is 6.04 Å². The number of carbonyl (C=O) groups excluding carboxylic acids is 1. The summed E-state index contributed by atoms with van der Waals surface area (Å²) >= 11 is 0. The van der Waals surface area contributed by atoms with E-state index in [0.717, 1.165) is 25.7 Å². The van der Waals surface area contributed by atoms with Crippen molar-refractivity contribution in [3.63, 3.8) is 0 Å². The lowest BCUT2D eigenvalue weighted by molar-refractivity contribution is -0.120. The van der Waals surface area contributed by atoms with Crippen LogP contribution < -0.4 is 5.73 Å². The van der Waals surface area contributed by atoms with E-state index in [0.29, 0.717) is 6.42 Å². The molecule has 0 aromatic heterocycles. The summed E-state index contributed by atoms with van der Waals surface area (Å²) in [4.78, 5) is 11.7. The van der Waals surface area contributed by atoms with Gasteiger partial charge in [-0.05, 0) is 12.8 Å². The molecule has 0 spiro atoms. The number of carbonyl (C=O) groups is 1. The Balaban J connectivity index is 3.29. The Morgan fingerprint density at radius 3 is 1.89 bits per heavy atom. The van der Waals surface area contributed by atoms with Crippen LogP contribution in [0.2, 0.25) is 0 Å². The molecule has 0 aromatic rings. The van der Waals surface area contributed by atoms with Crippen LogP contribution in [0.4, 0.5) is 0 Å². The maximum atomic E-state index is 11.7. The first-order chi connectivity index (χ1) is 8.72. The number of Topliss-reactive ketones (excluding diaryl/α,β-unsaturated/α-hetero) is 1. The van der Waals surface area contributed by atoms with Gasteiger partial charge in [-0.2, -0.15) is 0 Å². The van der Waals surface area contributed by atoms with Gasteiger partial charge in [-0.25, -0.2) is 0 Å². The zero-order valence-electron chi connectivity index (χ0n) is 12.5. The molecule has 0 aromatic carbocycles. The van der Waals surface area contributed by atoms with Gasteiger partial charge in [0.2, 0.25) is 0 Å². The van der Waals surface area contributed by atoms with E-state index in [-0.39, 0.29) is 11.8 Å². The van der Waals surface area contributed by atoms with Crippen LogP contribution in [0.5, 0.6) is 0 Å². The van der Waals surface area contributed by atoms with Crippen LogP contribution in [0.1, 0.15) is 90.9 Å². The highest BCUT2D eigenvalue weighted by atomic mass is 16.1. The number of unbranched alkanes of at least 4 members (excludes halogenated alkanes) is 8. The summed E-state index contributed by atoms with van der Waals surface area (Å²) in [5.74, 6) is 0.273. The van der Waals surface area contributed by atoms with Gasteiger partial charge >= 0.3 is 0 Å². The Morgan fingerprint density at radius 2 is 1.33 bits per heavy atom. The van der Waals surface area contributed by atoms with Crippen molar-refractivity contribution < 1.29 is 4.79 Å². The lowest BCUT2D eigenvalue weighted by Crippen LogP contribution is -2.30. The van der Waals surface area contributed by atoms with Crippen molar-refractivity contribution in [1.82, 2.24) is 0 Å². The number of rotatable bonds is 13. The molecule has 0 amide bonds. The molecule has 0 rings (SSSR count). The molecule has 0 heterocycles. The van der Waals surface area contributed by atoms with Gasteiger partial charge in [0.15, 0.2) is 0 Å². The molecule has 0 bridgehead atoms. The van der Waals surface area contributed by atoms with E-state index in [1.165, 1.54) is 44.9 Å². The smallest absolute Gasteiger partial charge is 0.149 e. The summed E-state index contributed by atoms with van der Waals surface area (Å²) in [6.07, 6.45) is 14.0. The Bertz CT molecular complexity index is 192. The van der Waals surface area contributed by atoms with Crippen molar-refractivity contribution in [3.05, 3.63) is 0 Å². The van der Waals surface area contributed by atoms with Crippen molar-refractivity contribution in [2.45, 2.75) is 96.9 Å². The molecule has 0 saturated carbocycles. The maximum absolute atomic E-state index is 11.7. The fourth-order valence-electron chi connectivity index (χ4n) is 2.20. The number of hydrogen-bond donors (Lipinski definition) is 1. The Hall–Kier alpha value is -0.370. The average Bonchev–Trinajstić information content (AvgIpc) is 2.38. The molecule has 0 aliphatic heterocycles. The van der Waals surface area contributed by atoms with Crippen LogP contribution in [-0.2, 0) is 4.79 Å². The molecular weight excluding hydrogens is 222 g/mol. The molecule has 2 N–H and O–H groups in total. The summed E-state index contributed by atoms with van der Waals surface area (Å²) in [6.45, 7) is 4.38. The lowest BCUT2D eigenvalue weighted by atomic mass is 10.0. The van der Waals surface area contributed by atoms with Crippen molar-refractivity contribution in [2.75, 3.05) is 0 Å². The van der Waals surface area contributed by atoms with E-state index in [4.69, 9.17) is 5.73 Å². The maximum Gasteiger partial charge on any atom is 0.149 e. The Morgan fingerprint density at radius 1 is 0.833 bits per heavy atom. The van der Waals surface area contributed by atoms with Gasteiger partial charge in [0.1, 0.15) is 5.78 Å². The van der Waals surface area contributed by atoms with Gasteiger partial charge in [-0.15, -0.1) is 0 Å². The van der Waals surface area contributed by atoms with E-state index < -0.39 is 0 Å². The van der Waals surface area contributed by atoms with Gasteiger partial charge in [-0.3, -0.25) is 4.79 Å². The standard InChI is InChI=1S/C16H33NO/c1-3-5-7-8-9-10-11-12-14-16(18)15(17)13-6-4-2/h15H,3-14,17H2,1-2H3. The molecule has 0 fully saturated rings. The third-order valence-corrected chi connectivity index (χ3v) is 3.56. The van der Waals surface area contributed by atoms with Crippen LogP contribution in [0, 0.1) is 0 Å². The largest absolute Gasteiger partial charge is 0.322 e. The van der Waals surface area contributed by atoms with Crippen molar-refractivity contribution in [2.24, 2.45) is 5.73 Å². The highest BCUT2D eigenvalue weighted by molar-refractivity contribution is 5.83. The van der Waals surface area contributed by atoms with Crippen LogP contribution in [0.3, 0.4) is 0 Å².